The van der Waals surface area contributed by atoms with Crippen molar-refractivity contribution in [2.24, 2.45) is 0 Å². The Hall–Kier alpha value is -3.98. The average Bonchev–Trinajstić information content (AvgIpc) is 3.12. The van der Waals surface area contributed by atoms with E-state index in [2.05, 4.69) is 5.32 Å². The average molecular weight is 534 g/mol. The van der Waals surface area contributed by atoms with E-state index in [-0.39, 0.29) is 48.2 Å². The Morgan fingerprint density at radius 3 is 2.24 bits per heavy atom. The van der Waals surface area contributed by atoms with Crippen molar-refractivity contribution in [2.75, 3.05) is 13.6 Å². The highest BCUT2D eigenvalue weighted by Crippen LogP contribution is 2.30. The number of carbonyl (C=O) groups is 3. The molecule has 198 valence electrons. The molecule has 1 N–H and O–H groups in total. The molecule has 0 aromatic heterocycles. The van der Waals surface area contributed by atoms with E-state index in [9.17, 15) is 22.8 Å². The molecule has 0 radical (unpaired) electrons. The Kier molecular flexibility index (Phi) is 8.26. The van der Waals surface area contributed by atoms with Gasteiger partial charge in [-0.1, -0.05) is 72.3 Å². The van der Waals surface area contributed by atoms with Crippen molar-refractivity contribution in [1.29, 1.82) is 0 Å². The maximum Gasteiger partial charge on any atom is 0.269 e. The predicted octanol–water partition coefficient (Wildman–Crippen LogP) is 3.31. The second kappa shape index (κ2) is 11.6. The number of hydrogen-bond donors (Lipinski definition) is 1. The van der Waals surface area contributed by atoms with Crippen LogP contribution in [0, 0.1) is 6.92 Å². The fourth-order valence-electron chi connectivity index (χ4n) is 4.58. The summed E-state index contributed by atoms with van der Waals surface area (Å²) in [6, 6.07) is 22.5. The zero-order chi connectivity index (χ0) is 27.3. The predicted molar refractivity (Wildman–Crippen MR) is 144 cm³/mol. The number of benzene rings is 3. The molecule has 8 nitrogen and oxygen atoms in total. The Morgan fingerprint density at radius 2 is 1.58 bits per heavy atom. The Balaban J connectivity index is 1.53. The van der Waals surface area contributed by atoms with Gasteiger partial charge in [0.05, 0.1) is 5.56 Å². The third-order valence-corrected chi connectivity index (χ3v) is 8.50. The van der Waals surface area contributed by atoms with Gasteiger partial charge in [0.15, 0.2) is 0 Å². The van der Waals surface area contributed by atoms with Gasteiger partial charge in [-0.25, -0.2) is 12.7 Å². The molecule has 38 heavy (non-hydrogen) atoms. The zero-order valence-electron chi connectivity index (χ0n) is 21.5. The lowest BCUT2D eigenvalue weighted by Crippen LogP contribution is -2.49. The molecule has 3 aromatic rings. The van der Waals surface area contributed by atoms with Crippen molar-refractivity contribution in [2.45, 2.75) is 43.7 Å². The second-order valence-electron chi connectivity index (χ2n) is 9.31. The number of rotatable bonds is 10. The lowest BCUT2D eigenvalue weighted by molar-refractivity contribution is -0.141. The summed E-state index contributed by atoms with van der Waals surface area (Å²) in [5.74, 6) is -1.17. The quantitative estimate of drug-likeness (QED) is 0.431. The van der Waals surface area contributed by atoms with Gasteiger partial charge in [0.1, 0.15) is 10.9 Å². The normalized spacial score (nSPS) is 14.6. The number of sulfonamides is 1. The molecule has 9 heteroatoms. The molecule has 1 heterocycles. The van der Waals surface area contributed by atoms with E-state index in [4.69, 9.17) is 0 Å². The summed E-state index contributed by atoms with van der Waals surface area (Å²) in [6.07, 6.45) is 0.435. The van der Waals surface area contributed by atoms with Gasteiger partial charge in [-0.05, 0) is 36.6 Å². The van der Waals surface area contributed by atoms with Crippen molar-refractivity contribution >= 4 is 27.7 Å². The minimum absolute atomic E-state index is 0.0140. The summed E-state index contributed by atoms with van der Waals surface area (Å²) in [7, 11) is -2.41. The molecule has 0 spiro atoms. The van der Waals surface area contributed by atoms with Crippen LogP contribution in [0.1, 0.15) is 39.9 Å². The van der Waals surface area contributed by atoms with Gasteiger partial charge >= 0.3 is 0 Å². The molecule has 1 atom stereocenters. The van der Waals surface area contributed by atoms with E-state index in [1.807, 2.05) is 61.5 Å². The highest BCUT2D eigenvalue weighted by molar-refractivity contribution is 7.90. The third kappa shape index (κ3) is 5.78. The maximum absolute atomic E-state index is 13.6. The fraction of sp³-hybridized carbons (Fsp3) is 0.276. The molecule has 0 saturated carbocycles. The van der Waals surface area contributed by atoms with Gasteiger partial charge in [-0.3, -0.25) is 14.4 Å². The Labute approximate surface area is 223 Å². The number of nitrogens with one attached hydrogen (secondary N) is 1. The standard InChI is InChI=1S/C29H31N3O5S/c1-21-14-16-23(17-15-21)20-31(25(28(34)30-2)19-22-9-4-3-5-10-22)27(33)13-8-18-32-29(35)24-11-6-7-12-26(24)38(32,36)37/h3-7,9-12,14-17,25H,8,13,18-20H2,1-2H3,(H,30,34). The van der Waals surface area contributed by atoms with Crippen LogP contribution in [0.3, 0.4) is 0 Å². The Bertz CT molecular complexity index is 1420. The van der Waals surface area contributed by atoms with Crippen molar-refractivity contribution in [1.82, 2.24) is 14.5 Å². The molecule has 0 aliphatic carbocycles. The topological polar surface area (TPSA) is 104 Å². The van der Waals surface area contributed by atoms with E-state index < -0.39 is 22.0 Å². The summed E-state index contributed by atoms with van der Waals surface area (Å²) < 4.78 is 26.6. The molecule has 3 aromatic carbocycles. The molecule has 3 amide bonds. The molecule has 0 bridgehead atoms. The van der Waals surface area contributed by atoms with Crippen LogP contribution in [0.2, 0.25) is 0 Å². The lowest BCUT2D eigenvalue weighted by atomic mass is 10.0. The molecular formula is C29H31N3O5S. The number of nitrogens with zero attached hydrogens (tertiary/aromatic N) is 2. The van der Waals surface area contributed by atoms with Gasteiger partial charge in [0.2, 0.25) is 11.8 Å². The van der Waals surface area contributed by atoms with E-state index in [1.54, 1.807) is 17.0 Å². The SMILES string of the molecule is CNC(=O)C(Cc1ccccc1)N(Cc1ccc(C)cc1)C(=O)CCCN1C(=O)c2ccccc2S1(=O)=O. The van der Waals surface area contributed by atoms with Gasteiger partial charge < -0.3 is 10.2 Å². The smallest absolute Gasteiger partial charge is 0.269 e. The number of carbonyl (C=O) groups excluding carboxylic acids is 3. The molecule has 1 aliphatic heterocycles. The Morgan fingerprint density at radius 1 is 0.921 bits per heavy atom. The highest BCUT2D eigenvalue weighted by atomic mass is 32.2. The molecule has 4 rings (SSSR count). The summed E-state index contributed by atoms with van der Waals surface area (Å²) in [5.41, 5.74) is 3.01. The van der Waals surface area contributed by atoms with Crippen molar-refractivity contribution in [3.8, 4) is 0 Å². The van der Waals surface area contributed by atoms with Crippen LogP contribution >= 0.6 is 0 Å². The van der Waals surface area contributed by atoms with Crippen LogP contribution < -0.4 is 5.32 Å². The molecule has 0 fully saturated rings. The number of hydrogen-bond acceptors (Lipinski definition) is 5. The first-order valence-corrected chi connectivity index (χ1v) is 13.9. The fourth-order valence-corrected chi connectivity index (χ4v) is 6.19. The van der Waals surface area contributed by atoms with Crippen molar-refractivity contribution < 1.29 is 22.8 Å². The molecular weight excluding hydrogens is 502 g/mol. The van der Waals surface area contributed by atoms with E-state index in [1.165, 1.54) is 19.2 Å². The number of likely N-dealkylation sites (N-methyl/N-ethyl adjacent to an activating group) is 1. The zero-order valence-corrected chi connectivity index (χ0v) is 22.3. The van der Waals surface area contributed by atoms with Crippen LogP contribution in [0.4, 0.5) is 0 Å². The van der Waals surface area contributed by atoms with E-state index >= 15 is 0 Å². The first kappa shape index (κ1) is 27.1. The molecule has 1 aliphatic rings. The summed E-state index contributed by atoms with van der Waals surface area (Å²) >= 11 is 0. The highest BCUT2D eigenvalue weighted by Gasteiger charge is 2.40. The van der Waals surface area contributed by atoms with E-state index in [0.717, 1.165) is 21.0 Å². The van der Waals surface area contributed by atoms with Crippen LogP contribution in [-0.4, -0.2) is 55.0 Å². The first-order valence-electron chi connectivity index (χ1n) is 12.5. The minimum Gasteiger partial charge on any atom is -0.357 e. The monoisotopic (exact) mass is 533 g/mol. The van der Waals surface area contributed by atoms with Gasteiger partial charge in [0, 0.05) is 33.0 Å². The molecule has 1 unspecified atom stereocenters. The minimum atomic E-state index is -3.95. The van der Waals surface area contributed by atoms with E-state index in [0.29, 0.717) is 6.42 Å². The largest absolute Gasteiger partial charge is 0.357 e. The van der Waals surface area contributed by atoms with Gasteiger partial charge in [-0.2, -0.15) is 0 Å². The van der Waals surface area contributed by atoms with Crippen molar-refractivity contribution in [3.63, 3.8) is 0 Å². The summed E-state index contributed by atoms with van der Waals surface area (Å²) in [6.45, 7) is 2.07. The number of amides is 3. The van der Waals surface area contributed by atoms with Gasteiger partial charge in [0.25, 0.3) is 15.9 Å². The third-order valence-electron chi connectivity index (χ3n) is 6.65. The number of fused-ring (bicyclic) bond motifs is 1. The summed E-state index contributed by atoms with van der Waals surface area (Å²) in [5, 5.41) is 2.68. The van der Waals surface area contributed by atoms with Crippen LogP contribution in [0.5, 0.6) is 0 Å². The second-order valence-corrected chi connectivity index (χ2v) is 11.1. The first-order chi connectivity index (χ1) is 18.2. The number of aryl methyl sites for hydroxylation is 1. The van der Waals surface area contributed by atoms with Crippen molar-refractivity contribution in [3.05, 3.63) is 101 Å². The summed E-state index contributed by atoms with van der Waals surface area (Å²) in [4.78, 5) is 40.9. The van der Waals surface area contributed by atoms with Crippen LogP contribution in [-0.2, 0) is 32.6 Å². The van der Waals surface area contributed by atoms with Crippen LogP contribution in [0.25, 0.3) is 0 Å². The molecule has 0 saturated heterocycles. The van der Waals surface area contributed by atoms with Gasteiger partial charge in [-0.15, -0.1) is 0 Å². The van der Waals surface area contributed by atoms with Crippen LogP contribution in [0.15, 0.2) is 83.8 Å². The maximum atomic E-state index is 13.6. The lowest BCUT2D eigenvalue weighted by Gasteiger charge is -2.31.